The number of rotatable bonds is 8. The topological polar surface area (TPSA) is 67.2 Å². The van der Waals surface area contributed by atoms with Crippen LogP contribution in [0.15, 0.2) is 60.7 Å². The Labute approximate surface area is 185 Å². The summed E-state index contributed by atoms with van der Waals surface area (Å²) in [6.45, 7) is 4.22. The summed E-state index contributed by atoms with van der Waals surface area (Å²) in [4.78, 5) is 26.3. The molecule has 6 nitrogen and oxygen atoms in total. The molecule has 2 aromatic carbocycles. The molecule has 0 fully saturated rings. The first-order chi connectivity index (χ1) is 14.9. The van der Waals surface area contributed by atoms with E-state index in [-0.39, 0.29) is 36.0 Å². The number of halogens is 2. The Morgan fingerprint density at radius 2 is 1.81 bits per heavy atom. The minimum absolute atomic E-state index is 0.126. The van der Waals surface area contributed by atoms with E-state index in [0.29, 0.717) is 23.7 Å². The van der Waals surface area contributed by atoms with Crippen molar-refractivity contribution < 1.29 is 14.0 Å². The molecule has 1 heterocycles. The summed E-state index contributed by atoms with van der Waals surface area (Å²) < 4.78 is 14.9. The van der Waals surface area contributed by atoms with Crippen LogP contribution in [0, 0.1) is 11.7 Å². The van der Waals surface area contributed by atoms with Crippen molar-refractivity contribution in [2.24, 2.45) is 5.92 Å². The van der Waals surface area contributed by atoms with Crippen LogP contribution in [0.4, 0.5) is 10.2 Å². The van der Waals surface area contributed by atoms with E-state index in [1.165, 1.54) is 21.7 Å². The van der Waals surface area contributed by atoms with Crippen molar-refractivity contribution in [3.8, 4) is 16.9 Å². The summed E-state index contributed by atoms with van der Waals surface area (Å²) in [6.07, 6.45) is 0. The van der Waals surface area contributed by atoms with Gasteiger partial charge in [0.2, 0.25) is 11.8 Å². The SMILES string of the molecule is CC(C)CN(CC(=O)Nc1cc(-c2ccccc2)nn1-c1ccc(F)cc1)C(=O)CCl. The van der Waals surface area contributed by atoms with Crippen LogP contribution in [-0.2, 0) is 9.59 Å². The first kappa shape index (κ1) is 22.5. The molecule has 0 saturated heterocycles. The number of carbonyl (C=O) groups excluding carboxylic acids is 2. The number of aromatic nitrogens is 2. The number of nitrogens with one attached hydrogen (secondary N) is 1. The number of nitrogens with zero attached hydrogens (tertiary/aromatic N) is 3. The molecule has 1 aromatic heterocycles. The van der Waals surface area contributed by atoms with Crippen LogP contribution in [0.5, 0.6) is 0 Å². The molecular formula is C23H24ClFN4O2. The van der Waals surface area contributed by atoms with Crippen molar-refractivity contribution >= 4 is 29.2 Å². The van der Waals surface area contributed by atoms with E-state index in [9.17, 15) is 14.0 Å². The standard InChI is InChI=1S/C23H24ClFN4O2/c1-16(2)14-28(23(31)13-24)15-22(30)26-21-12-20(17-6-4-3-5-7-17)27-29(21)19-10-8-18(25)9-11-19/h3-12,16H,13-15H2,1-2H3,(H,26,30). The van der Waals surface area contributed by atoms with Gasteiger partial charge in [-0.3, -0.25) is 9.59 Å². The lowest BCUT2D eigenvalue weighted by Gasteiger charge is -2.23. The van der Waals surface area contributed by atoms with Crippen LogP contribution in [-0.4, -0.2) is 45.5 Å². The number of amides is 2. The molecule has 0 aliphatic heterocycles. The zero-order chi connectivity index (χ0) is 22.4. The minimum atomic E-state index is -0.373. The second-order valence-electron chi connectivity index (χ2n) is 7.52. The van der Waals surface area contributed by atoms with Crippen LogP contribution >= 0.6 is 11.6 Å². The Morgan fingerprint density at radius 1 is 1.13 bits per heavy atom. The highest BCUT2D eigenvalue weighted by Crippen LogP contribution is 2.25. The van der Waals surface area contributed by atoms with Crippen molar-refractivity contribution in [2.45, 2.75) is 13.8 Å². The van der Waals surface area contributed by atoms with E-state index in [0.717, 1.165) is 5.56 Å². The molecule has 0 spiro atoms. The molecule has 0 radical (unpaired) electrons. The van der Waals surface area contributed by atoms with Crippen LogP contribution in [0.2, 0.25) is 0 Å². The Bertz CT molecular complexity index is 1040. The van der Waals surface area contributed by atoms with Gasteiger partial charge >= 0.3 is 0 Å². The third-order valence-electron chi connectivity index (χ3n) is 4.50. The fraction of sp³-hybridized carbons (Fsp3) is 0.261. The Morgan fingerprint density at radius 3 is 2.42 bits per heavy atom. The summed E-state index contributed by atoms with van der Waals surface area (Å²) >= 11 is 5.70. The quantitative estimate of drug-likeness (QED) is 0.528. The van der Waals surface area contributed by atoms with Crippen LogP contribution < -0.4 is 5.32 Å². The zero-order valence-electron chi connectivity index (χ0n) is 17.4. The molecule has 0 atom stereocenters. The van der Waals surface area contributed by atoms with E-state index in [2.05, 4.69) is 10.4 Å². The molecule has 3 rings (SSSR count). The molecular weight excluding hydrogens is 419 g/mol. The second kappa shape index (κ2) is 10.2. The van der Waals surface area contributed by atoms with Crippen LogP contribution in [0.3, 0.4) is 0 Å². The molecule has 0 unspecified atom stereocenters. The highest BCUT2D eigenvalue weighted by molar-refractivity contribution is 6.27. The second-order valence-corrected chi connectivity index (χ2v) is 7.79. The third kappa shape index (κ3) is 5.92. The molecule has 1 N–H and O–H groups in total. The highest BCUT2D eigenvalue weighted by atomic mass is 35.5. The first-order valence-electron chi connectivity index (χ1n) is 9.92. The normalized spacial score (nSPS) is 10.9. The average molecular weight is 443 g/mol. The number of benzene rings is 2. The maximum absolute atomic E-state index is 13.4. The van der Waals surface area contributed by atoms with E-state index in [1.807, 2.05) is 44.2 Å². The van der Waals surface area contributed by atoms with Gasteiger partial charge in [0.05, 0.1) is 17.9 Å². The molecule has 0 saturated carbocycles. The largest absolute Gasteiger partial charge is 0.332 e. The number of carbonyl (C=O) groups is 2. The molecule has 0 bridgehead atoms. The van der Waals surface area contributed by atoms with Gasteiger partial charge in [-0.1, -0.05) is 44.2 Å². The van der Waals surface area contributed by atoms with Gasteiger partial charge in [-0.05, 0) is 30.2 Å². The lowest BCUT2D eigenvalue weighted by atomic mass is 10.1. The number of hydrogen-bond donors (Lipinski definition) is 1. The fourth-order valence-electron chi connectivity index (χ4n) is 3.13. The predicted molar refractivity (Wildman–Crippen MR) is 120 cm³/mol. The smallest absolute Gasteiger partial charge is 0.245 e. The molecule has 162 valence electrons. The summed E-state index contributed by atoms with van der Waals surface area (Å²) in [7, 11) is 0. The molecule has 8 heteroatoms. The van der Waals surface area contributed by atoms with Gasteiger partial charge < -0.3 is 10.2 Å². The number of anilines is 1. The van der Waals surface area contributed by atoms with E-state index >= 15 is 0 Å². The lowest BCUT2D eigenvalue weighted by molar-refractivity contribution is -0.133. The van der Waals surface area contributed by atoms with Gasteiger partial charge in [-0.25, -0.2) is 9.07 Å². The van der Waals surface area contributed by atoms with Gasteiger partial charge in [0.25, 0.3) is 0 Å². The van der Waals surface area contributed by atoms with Crippen molar-refractivity contribution in [1.82, 2.24) is 14.7 Å². The third-order valence-corrected chi connectivity index (χ3v) is 4.73. The molecule has 0 aliphatic rings. The molecule has 0 aliphatic carbocycles. The van der Waals surface area contributed by atoms with Gasteiger partial charge in [0.15, 0.2) is 0 Å². The summed E-state index contributed by atoms with van der Waals surface area (Å²) in [6, 6.07) is 17.1. The van der Waals surface area contributed by atoms with Crippen molar-refractivity contribution in [3.05, 3.63) is 66.5 Å². The summed E-state index contributed by atoms with van der Waals surface area (Å²) in [5, 5.41) is 7.42. The predicted octanol–water partition coefficient (Wildman–Crippen LogP) is 4.34. The maximum atomic E-state index is 13.4. The van der Waals surface area contributed by atoms with Crippen molar-refractivity contribution in [2.75, 3.05) is 24.3 Å². The van der Waals surface area contributed by atoms with Gasteiger partial charge in [0.1, 0.15) is 17.5 Å². The Hall–Kier alpha value is -3.19. The van der Waals surface area contributed by atoms with Gasteiger partial charge in [-0.2, -0.15) is 5.10 Å². The van der Waals surface area contributed by atoms with Gasteiger partial charge in [-0.15, -0.1) is 11.6 Å². The molecule has 31 heavy (non-hydrogen) atoms. The average Bonchev–Trinajstić information content (AvgIpc) is 3.17. The fourth-order valence-corrected chi connectivity index (χ4v) is 3.30. The minimum Gasteiger partial charge on any atom is -0.332 e. The highest BCUT2D eigenvalue weighted by Gasteiger charge is 2.20. The molecule has 2 amide bonds. The summed E-state index contributed by atoms with van der Waals surface area (Å²) in [5.41, 5.74) is 2.11. The zero-order valence-corrected chi connectivity index (χ0v) is 18.1. The Kier molecular flexibility index (Phi) is 7.41. The van der Waals surface area contributed by atoms with E-state index < -0.39 is 0 Å². The lowest BCUT2D eigenvalue weighted by Crippen LogP contribution is -2.41. The van der Waals surface area contributed by atoms with Crippen LogP contribution in [0.1, 0.15) is 13.8 Å². The molecule has 3 aromatic rings. The summed E-state index contributed by atoms with van der Waals surface area (Å²) in [5.74, 6) is -0.628. The maximum Gasteiger partial charge on any atom is 0.245 e. The van der Waals surface area contributed by atoms with Crippen LogP contribution in [0.25, 0.3) is 16.9 Å². The first-order valence-corrected chi connectivity index (χ1v) is 10.5. The van der Waals surface area contributed by atoms with E-state index in [4.69, 9.17) is 11.6 Å². The van der Waals surface area contributed by atoms with Gasteiger partial charge in [0, 0.05) is 18.2 Å². The Balaban J connectivity index is 1.89. The van der Waals surface area contributed by atoms with E-state index in [1.54, 1.807) is 18.2 Å². The number of hydrogen-bond acceptors (Lipinski definition) is 3. The number of alkyl halides is 1. The monoisotopic (exact) mass is 442 g/mol. The van der Waals surface area contributed by atoms with Crippen molar-refractivity contribution in [3.63, 3.8) is 0 Å². The van der Waals surface area contributed by atoms with Crippen molar-refractivity contribution in [1.29, 1.82) is 0 Å².